The summed E-state index contributed by atoms with van der Waals surface area (Å²) >= 11 is 0. The number of aromatic nitrogens is 1. The van der Waals surface area contributed by atoms with Crippen molar-refractivity contribution in [3.8, 4) is 0 Å². The van der Waals surface area contributed by atoms with Crippen LogP contribution in [-0.2, 0) is 6.54 Å². The standard InChI is InChI=1S/C25H25F2N3O/c26-21-11-9-18(10-12-21)16-30-14-4-6-20(17-30)24(23-8-1-2-13-28-23)29-25(31)19-5-3-7-22(27)15-19/h1-3,5,7-13,15,20,24H,4,6,14,16-17H2,(H,29,31)/t20-,24-/m1/s1. The van der Waals surface area contributed by atoms with Crippen molar-refractivity contribution in [2.75, 3.05) is 13.1 Å². The Bertz CT molecular complexity index is 1010. The van der Waals surface area contributed by atoms with E-state index in [1.54, 1.807) is 24.4 Å². The molecule has 0 aliphatic carbocycles. The average Bonchev–Trinajstić information content (AvgIpc) is 2.79. The van der Waals surface area contributed by atoms with Crippen LogP contribution in [0, 0.1) is 17.6 Å². The summed E-state index contributed by atoms with van der Waals surface area (Å²) in [5.74, 6) is -0.840. The fourth-order valence-corrected chi connectivity index (χ4v) is 4.20. The van der Waals surface area contributed by atoms with E-state index in [9.17, 15) is 13.6 Å². The lowest BCUT2D eigenvalue weighted by Crippen LogP contribution is -2.43. The fraction of sp³-hybridized carbons (Fsp3) is 0.280. The Morgan fingerprint density at radius 1 is 1.06 bits per heavy atom. The summed E-state index contributed by atoms with van der Waals surface area (Å²) in [7, 11) is 0. The zero-order chi connectivity index (χ0) is 21.6. The number of pyridine rings is 1. The van der Waals surface area contributed by atoms with Crippen LogP contribution in [0.15, 0.2) is 72.9 Å². The number of nitrogens with zero attached hydrogens (tertiary/aromatic N) is 2. The summed E-state index contributed by atoms with van der Waals surface area (Å²) < 4.78 is 26.8. The van der Waals surface area contributed by atoms with Crippen molar-refractivity contribution in [2.24, 2.45) is 5.92 Å². The third-order valence-electron chi connectivity index (χ3n) is 5.71. The highest BCUT2D eigenvalue weighted by molar-refractivity contribution is 5.94. The number of hydrogen-bond donors (Lipinski definition) is 1. The molecule has 0 bridgehead atoms. The number of nitrogens with one attached hydrogen (secondary N) is 1. The number of likely N-dealkylation sites (tertiary alicyclic amines) is 1. The van der Waals surface area contributed by atoms with Crippen LogP contribution in [0.2, 0.25) is 0 Å². The summed E-state index contributed by atoms with van der Waals surface area (Å²) in [5.41, 5.74) is 2.14. The van der Waals surface area contributed by atoms with Gasteiger partial charge in [0.25, 0.3) is 5.91 Å². The molecule has 2 heterocycles. The van der Waals surface area contributed by atoms with Crippen molar-refractivity contribution >= 4 is 5.91 Å². The van der Waals surface area contributed by atoms with E-state index in [0.29, 0.717) is 5.56 Å². The van der Waals surface area contributed by atoms with Gasteiger partial charge >= 0.3 is 0 Å². The second-order valence-electron chi connectivity index (χ2n) is 7.98. The summed E-state index contributed by atoms with van der Waals surface area (Å²) in [6.45, 7) is 2.45. The van der Waals surface area contributed by atoms with Gasteiger partial charge in [0.2, 0.25) is 0 Å². The molecule has 0 unspecified atom stereocenters. The Morgan fingerprint density at radius 2 is 1.90 bits per heavy atom. The van der Waals surface area contributed by atoms with Gasteiger partial charge in [-0.05, 0) is 73.3 Å². The van der Waals surface area contributed by atoms with E-state index >= 15 is 0 Å². The second-order valence-corrected chi connectivity index (χ2v) is 7.98. The first-order valence-corrected chi connectivity index (χ1v) is 10.5. The van der Waals surface area contributed by atoms with E-state index < -0.39 is 5.82 Å². The number of benzene rings is 2. The zero-order valence-corrected chi connectivity index (χ0v) is 17.2. The monoisotopic (exact) mass is 421 g/mol. The van der Waals surface area contributed by atoms with Gasteiger partial charge < -0.3 is 5.32 Å². The van der Waals surface area contributed by atoms with Gasteiger partial charge in [-0.25, -0.2) is 8.78 Å². The highest BCUT2D eigenvalue weighted by atomic mass is 19.1. The molecule has 1 amide bonds. The van der Waals surface area contributed by atoms with Gasteiger partial charge in [-0.15, -0.1) is 0 Å². The van der Waals surface area contributed by atoms with Crippen LogP contribution in [0.5, 0.6) is 0 Å². The Balaban J connectivity index is 1.52. The molecule has 0 saturated carbocycles. The Hall–Kier alpha value is -3.12. The maximum Gasteiger partial charge on any atom is 0.251 e. The molecular weight excluding hydrogens is 396 g/mol. The molecule has 160 valence electrons. The van der Waals surface area contributed by atoms with Crippen molar-refractivity contribution in [1.29, 1.82) is 0 Å². The van der Waals surface area contributed by atoms with Gasteiger partial charge in [0.05, 0.1) is 11.7 Å². The van der Waals surface area contributed by atoms with Gasteiger partial charge in [-0.3, -0.25) is 14.7 Å². The van der Waals surface area contributed by atoms with Crippen molar-refractivity contribution in [2.45, 2.75) is 25.4 Å². The lowest BCUT2D eigenvalue weighted by Gasteiger charge is -2.37. The van der Waals surface area contributed by atoms with Crippen LogP contribution in [0.4, 0.5) is 8.78 Å². The van der Waals surface area contributed by atoms with Gasteiger partial charge in [-0.1, -0.05) is 24.3 Å². The first kappa shape index (κ1) is 21.1. The number of halogens is 2. The average molecular weight is 421 g/mol. The number of carbonyl (C=O) groups excluding carboxylic acids is 1. The third kappa shape index (κ3) is 5.52. The number of amides is 1. The van der Waals surface area contributed by atoms with Crippen LogP contribution in [0.1, 0.15) is 40.5 Å². The summed E-state index contributed by atoms with van der Waals surface area (Å²) in [4.78, 5) is 19.7. The molecule has 1 aliphatic rings. The number of piperidine rings is 1. The van der Waals surface area contributed by atoms with Crippen LogP contribution in [0.3, 0.4) is 0 Å². The Morgan fingerprint density at radius 3 is 2.65 bits per heavy atom. The summed E-state index contributed by atoms with van der Waals surface area (Å²) in [5, 5.41) is 3.09. The lowest BCUT2D eigenvalue weighted by atomic mass is 9.88. The molecule has 1 aromatic heterocycles. The normalized spacial score (nSPS) is 17.8. The van der Waals surface area contributed by atoms with Crippen LogP contribution >= 0.6 is 0 Å². The predicted molar refractivity (Wildman–Crippen MR) is 115 cm³/mol. The van der Waals surface area contributed by atoms with Gasteiger partial charge in [0.1, 0.15) is 11.6 Å². The molecule has 1 aliphatic heterocycles. The molecule has 3 aromatic rings. The van der Waals surface area contributed by atoms with E-state index in [2.05, 4.69) is 15.2 Å². The molecule has 4 nitrogen and oxygen atoms in total. The lowest BCUT2D eigenvalue weighted by molar-refractivity contribution is 0.0874. The second kappa shape index (κ2) is 9.79. The maximum absolute atomic E-state index is 13.6. The molecule has 2 aromatic carbocycles. The summed E-state index contributed by atoms with van der Waals surface area (Å²) in [6, 6.07) is 17.7. The predicted octanol–water partition coefficient (Wildman–Crippen LogP) is 4.74. The molecule has 31 heavy (non-hydrogen) atoms. The van der Waals surface area contributed by atoms with Crippen molar-refractivity contribution < 1.29 is 13.6 Å². The van der Waals surface area contributed by atoms with E-state index in [1.165, 1.54) is 30.3 Å². The quantitative estimate of drug-likeness (QED) is 0.625. The Kier molecular flexibility index (Phi) is 6.67. The van der Waals surface area contributed by atoms with Crippen molar-refractivity contribution in [3.05, 3.63) is 101 Å². The smallest absolute Gasteiger partial charge is 0.251 e. The molecule has 1 saturated heterocycles. The molecular formula is C25H25F2N3O. The van der Waals surface area contributed by atoms with E-state index in [0.717, 1.165) is 43.7 Å². The molecule has 1 N–H and O–H groups in total. The van der Waals surface area contributed by atoms with Gasteiger partial charge in [-0.2, -0.15) is 0 Å². The fourth-order valence-electron chi connectivity index (χ4n) is 4.20. The molecule has 1 fully saturated rings. The first-order valence-electron chi connectivity index (χ1n) is 10.5. The molecule has 0 radical (unpaired) electrons. The minimum Gasteiger partial charge on any atom is -0.343 e. The molecule has 2 atom stereocenters. The highest BCUT2D eigenvalue weighted by Crippen LogP contribution is 2.30. The van der Waals surface area contributed by atoms with Crippen molar-refractivity contribution in [3.63, 3.8) is 0 Å². The van der Waals surface area contributed by atoms with Gasteiger partial charge in [0.15, 0.2) is 0 Å². The van der Waals surface area contributed by atoms with Crippen molar-refractivity contribution in [1.82, 2.24) is 15.2 Å². The van der Waals surface area contributed by atoms with Crippen LogP contribution in [-0.4, -0.2) is 28.9 Å². The van der Waals surface area contributed by atoms with Gasteiger partial charge in [0, 0.05) is 24.8 Å². The molecule has 4 rings (SSSR count). The minimum atomic E-state index is -0.440. The number of rotatable bonds is 6. The zero-order valence-electron chi connectivity index (χ0n) is 17.2. The number of hydrogen-bond acceptors (Lipinski definition) is 3. The molecule has 6 heteroatoms. The summed E-state index contributed by atoms with van der Waals surface area (Å²) in [6.07, 6.45) is 3.66. The molecule has 0 spiro atoms. The minimum absolute atomic E-state index is 0.154. The largest absolute Gasteiger partial charge is 0.343 e. The van der Waals surface area contributed by atoms with Crippen LogP contribution in [0.25, 0.3) is 0 Å². The van der Waals surface area contributed by atoms with E-state index in [4.69, 9.17) is 0 Å². The Labute approximate surface area is 180 Å². The highest BCUT2D eigenvalue weighted by Gasteiger charge is 2.30. The topological polar surface area (TPSA) is 45.2 Å². The first-order chi connectivity index (χ1) is 15.1. The van der Waals surface area contributed by atoms with Crippen LogP contribution < -0.4 is 5.32 Å². The number of carbonyl (C=O) groups is 1. The maximum atomic E-state index is 13.6. The third-order valence-corrected chi connectivity index (χ3v) is 5.71. The van der Waals surface area contributed by atoms with E-state index in [1.807, 2.05) is 18.2 Å². The van der Waals surface area contributed by atoms with E-state index in [-0.39, 0.29) is 23.7 Å². The SMILES string of the molecule is O=C(N[C@@H](c1ccccn1)[C@@H]1CCCN(Cc2ccc(F)cc2)C1)c1cccc(F)c1.